The Morgan fingerprint density at radius 1 is 1.28 bits per heavy atom. The molecule has 18 heavy (non-hydrogen) atoms. The molecule has 0 atom stereocenters. The van der Waals surface area contributed by atoms with Gasteiger partial charge in [-0.25, -0.2) is 0 Å². The zero-order chi connectivity index (χ0) is 13.5. The Kier molecular flexibility index (Phi) is 5.61. The first kappa shape index (κ1) is 14.5. The van der Waals surface area contributed by atoms with Crippen LogP contribution in [0.25, 0.3) is 0 Å². The van der Waals surface area contributed by atoms with E-state index in [1.165, 1.54) is 6.92 Å². The molecule has 0 aromatic rings. The monoisotopic (exact) mass is 256 g/mol. The van der Waals surface area contributed by atoms with E-state index in [1.54, 1.807) is 11.8 Å². The molecular formula is C12H20N2O4. The Hall–Kier alpha value is -1.59. The van der Waals surface area contributed by atoms with Gasteiger partial charge < -0.3 is 15.0 Å². The normalized spacial score (nSPS) is 16.2. The average molecular weight is 256 g/mol. The Morgan fingerprint density at radius 3 is 2.39 bits per heavy atom. The van der Waals surface area contributed by atoms with Crippen LogP contribution in [-0.4, -0.2) is 48.9 Å². The molecule has 1 saturated heterocycles. The third kappa shape index (κ3) is 4.35. The maximum atomic E-state index is 11.8. The van der Waals surface area contributed by atoms with Crippen LogP contribution < -0.4 is 5.32 Å². The van der Waals surface area contributed by atoms with Crippen molar-refractivity contribution in [3.8, 4) is 0 Å². The molecule has 1 heterocycles. The summed E-state index contributed by atoms with van der Waals surface area (Å²) >= 11 is 0. The summed E-state index contributed by atoms with van der Waals surface area (Å²) < 4.78 is 4.72. The van der Waals surface area contributed by atoms with Crippen LogP contribution in [0.15, 0.2) is 0 Å². The Bertz CT molecular complexity index is 322. The van der Waals surface area contributed by atoms with Crippen molar-refractivity contribution in [2.75, 3.05) is 26.2 Å². The summed E-state index contributed by atoms with van der Waals surface area (Å²) in [5, 5.41) is 2.56. The van der Waals surface area contributed by atoms with E-state index in [9.17, 15) is 14.4 Å². The number of nitrogens with one attached hydrogen (secondary N) is 1. The van der Waals surface area contributed by atoms with Crippen molar-refractivity contribution in [1.82, 2.24) is 10.2 Å². The fraction of sp³-hybridized carbons (Fsp3) is 0.750. The van der Waals surface area contributed by atoms with E-state index in [0.29, 0.717) is 32.5 Å². The van der Waals surface area contributed by atoms with Gasteiger partial charge in [0, 0.05) is 25.9 Å². The summed E-state index contributed by atoms with van der Waals surface area (Å²) in [4.78, 5) is 35.7. The van der Waals surface area contributed by atoms with E-state index in [2.05, 4.69) is 5.32 Å². The highest BCUT2D eigenvalue weighted by Gasteiger charge is 2.26. The summed E-state index contributed by atoms with van der Waals surface area (Å²) in [6.45, 7) is 4.68. The van der Waals surface area contributed by atoms with Gasteiger partial charge in [-0.3, -0.25) is 14.4 Å². The molecule has 1 N–H and O–H groups in total. The molecule has 0 aromatic carbocycles. The van der Waals surface area contributed by atoms with E-state index in [4.69, 9.17) is 4.74 Å². The SMILES string of the molecule is CCOC(=O)CNC(=O)C1CCN(C(C)=O)CC1. The molecule has 0 radical (unpaired) electrons. The van der Waals surface area contributed by atoms with Crippen LogP contribution >= 0.6 is 0 Å². The number of amides is 2. The maximum Gasteiger partial charge on any atom is 0.325 e. The molecule has 0 aromatic heterocycles. The van der Waals surface area contributed by atoms with Gasteiger partial charge in [0.25, 0.3) is 0 Å². The number of carbonyl (C=O) groups is 3. The molecule has 1 aliphatic heterocycles. The van der Waals surface area contributed by atoms with Crippen LogP contribution in [0.4, 0.5) is 0 Å². The Labute approximate surface area is 107 Å². The molecule has 6 nitrogen and oxygen atoms in total. The minimum Gasteiger partial charge on any atom is -0.465 e. The van der Waals surface area contributed by atoms with Gasteiger partial charge in [-0.1, -0.05) is 0 Å². The first-order chi connectivity index (χ1) is 8.54. The van der Waals surface area contributed by atoms with E-state index in [1.807, 2.05) is 0 Å². The van der Waals surface area contributed by atoms with Gasteiger partial charge in [0.2, 0.25) is 11.8 Å². The van der Waals surface area contributed by atoms with Gasteiger partial charge in [0.05, 0.1) is 6.61 Å². The number of piperidine rings is 1. The van der Waals surface area contributed by atoms with Crippen molar-refractivity contribution >= 4 is 17.8 Å². The minimum absolute atomic E-state index is 0.0420. The number of likely N-dealkylation sites (tertiary alicyclic amines) is 1. The van der Waals surface area contributed by atoms with Gasteiger partial charge in [0.1, 0.15) is 6.54 Å². The molecule has 0 saturated carbocycles. The highest BCUT2D eigenvalue weighted by molar-refractivity contribution is 5.83. The summed E-state index contributed by atoms with van der Waals surface area (Å²) in [6.07, 6.45) is 1.29. The molecule has 102 valence electrons. The smallest absolute Gasteiger partial charge is 0.325 e. The topological polar surface area (TPSA) is 75.7 Å². The third-order valence-corrected chi connectivity index (χ3v) is 3.02. The van der Waals surface area contributed by atoms with Gasteiger partial charge >= 0.3 is 5.97 Å². The fourth-order valence-corrected chi connectivity index (χ4v) is 1.97. The fourth-order valence-electron chi connectivity index (χ4n) is 1.97. The molecule has 6 heteroatoms. The van der Waals surface area contributed by atoms with Crippen molar-refractivity contribution in [3.05, 3.63) is 0 Å². The molecule has 1 rings (SSSR count). The molecule has 0 aliphatic carbocycles. The number of rotatable bonds is 4. The number of hydrogen-bond acceptors (Lipinski definition) is 4. The highest BCUT2D eigenvalue weighted by atomic mass is 16.5. The number of hydrogen-bond donors (Lipinski definition) is 1. The van der Waals surface area contributed by atoms with E-state index < -0.39 is 5.97 Å². The van der Waals surface area contributed by atoms with Gasteiger partial charge in [-0.2, -0.15) is 0 Å². The van der Waals surface area contributed by atoms with Crippen LogP contribution in [0.2, 0.25) is 0 Å². The third-order valence-electron chi connectivity index (χ3n) is 3.02. The quantitative estimate of drug-likeness (QED) is 0.714. The number of ether oxygens (including phenoxy) is 1. The summed E-state index contributed by atoms with van der Waals surface area (Å²) in [5.41, 5.74) is 0. The van der Waals surface area contributed by atoms with Crippen LogP contribution in [0.3, 0.4) is 0 Å². The predicted molar refractivity (Wildman–Crippen MR) is 64.6 cm³/mol. The number of esters is 1. The second kappa shape index (κ2) is 6.98. The van der Waals surface area contributed by atoms with E-state index >= 15 is 0 Å². The Balaban J connectivity index is 2.28. The van der Waals surface area contributed by atoms with Gasteiger partial charge in [-0.15, -0.1) is 0 Å². The molecule has 0 bridgehead atoms. The van der Waals surface area contributed by atoms with Gasteiger partial charge in [0.15, 0.2) is 0 Å². The molecule has 1 aliphatic rings. The minimum atomic E-state index is -0.424. The lowest BCUT2D eigenvalue weighted by atomic mass is 9.96. The van der Waals surface area contributed by atoms with Crippen molar-refractivity contribution in [1.29, 1.82) is 0 Å². The predicted octanol–water partition coefficient (Wildman–Crippen LogP) is -0.0758. The lowest BCUT2D eigenvalue weighted by molar-refractivity contribution is -0.144. The lowest BCUT2D eigenvalue weighted by Gasteiger charge is -2.30. The van der Waals surface area contributed by atoms with Crippen molar-refractivity contribution < 1.29 is 19.1 Å². The first-order valence-electron chi connectivity index (χ1n) is 6.23. The zero-order valence-electron chi connectivity index (χ0n) is 10.9. The van der Waals surface area contributed by atoms with Crippen molar-refractivity contribution in [2.24, 2.45) is 5.92 Å². The van der Waals surface area contributed by atoms with E-state index in [0.717, 1.165) is 0 Å². The largest absolute Gasteiger partial charge is 0.465 e. The van der Waals surface area contributed by atoms with Crippen LogP contribution in [0, 0.1) is 5.92 Å². The molecule has 0 unspecified atom stereocenters. The second-order valence-corrected chi connectivity index (χ2v) is 4.30. The highest BCUT2D eigenvalue weighted by Crippen LogP contribution is 2.17. The summed E-state index contributed by atoms with van der Waals surface area (Å²) in [6, 6.07) is 0. The molecule has 1 fully saturated rings. The average Bonchev–Trinajstić information content (AvgIpc) is 2.36. The van der Waals surface area contributed by atoms with Crippen molar-refractivity contribution in [3.63, 3.8) is 0 Å². The first-order valence-corrected chi connectivity index (χ1v) is 6.23. The molecule has 0 spiro atoms. The van der Waals surface area contributed by atoms with Gasteiger partial charge in [-0.05, 0) is 19.8 Å². The van der Waals surface area contributed by atoms with Crippen LogP contribution in [0.1, 0.15) is 26.7 Å². The van der Waals surface area contributed by atoms with Crippen LogP contribution in [0.5, 0.6) is 0 Å². The Morgan fingerprint density at radius 2 is 1.89 bits per heavy atom. The maximum absolute atomic E-state index is 11.8. The van der Waals surface area contributed by atoms with Crippen molar-refractivity contribution in [2.45, 2.75) is 26.7 Å². The lowest BCUT2D eigenvalue weighted by Crippen LogP contribution is -2.43. The van der Waals surface area contributed by atoms with Crippen LogP contribution in [-0.2, 0) is 19.1 Å². The summed E-state index contributed by atoms with van der Waals surface area (Å²) in [7, 11) is 0. The zero-order valence-corrected chi connectivity index (χ0v) is 10.9. The molecular weight excluding hydrogens is 236 g/mol. The number of carbonyl (C=O) groups excluding carboxylic acids is 3. The second-order valence-electron chi connectivity index (χ2n) is 4.30. The molecule has 2 amide bonds. The summed E-state index contributed by atoms with van der Waals surface area (Å²) in [5.74, 6) is -0.631. The van der Waals surface area contributed by atoms with E-state index in [-0.39, 0.29) is 24.3 Å². The number of nitrogens with zero attached hydrogens (tertiary/aromatic N) is 1. The standard InChI is InChI=1S/C12H20N2O4/c1-3-18-11(16)8-13-12(17)10-4-6-14(7-5-10)9(2)15/h10H,3-8H2,1-2H3,(H,13,17).